The number of nitrogens with one attached hydrogen (secondary N) is 1. The highest BCUT2D eigenvalue weighted by molar-refractivity contribution is 7.98. The molecule has 0 radical (unpaired) electrons. The molecular weight excluding hydrogens is 230 g/mol. The molecule has 1 aliphatic carbocycles. The van der Waals surface area contributed by atoms with Crippen LogP contribution in [0.25, 0.3) is 0 Å². The maximum Gasteiger partial charge on any atom is 0.130 e. The Morgan fingerprint density at radius 2 is 1.82 bits per heavy atom. The monoisotopic (exact) mass is 251 g/mol. The molecule has 0 aliphatic heterocycles. The largest absolute Gasteiger partial charge is 0.367 e. The molecule has 2 rings (SSSR count). The molecule has 1 heterocycles. The lowest BCUT2D eigenvalue weighted by Gasteiger charge is -2.21. The van der Waals surface area contributed by atoms with E-state index >= 15 is 0 Å². The van der Waals surface area contributed by atoms with Crippen molar-refractivity contribution in [2.45, 2.75) is 56.0 Å². The average molecular weight is 251 g/mol. The Morgan fingerprint density at radius 3 is 2.53 bits per heavy atom. The smallest absolute Gasteiger partial charge is 0.130 e. The zero-order valence-corrected chi connectivity index (χ0v) is 11.3. The highest BCUT2D eigenvalue weighted by Gasteiger charge is 2.11. The molecule has 17 heavy (non-hydrogen) atoms. The lowest BCUT2D eigenvalue weighted by Crippen LogP contribution is -2.21. The van der Waals surface area contributed by atoms with E-state index in [9.17, 15) is 0 Å². The first-order valence-electron chi connectivity index (χ1n) is 6.51. The summed E-state index contributed by atoms with van der Waals surface area (Å²) in [6, 6.07) is 2.64. The van der Waals surface area contributed by atoms with Crippen molar-refractivity contribution in [1.29, 1.82) is 0 Å². The molecule has 4 heteroatoms. The van der Waals surface area contributed by atoms with Gasteiger partial charge in [-0.05, 0) is 19.1 Å². The maximum absolute atomic E-state index is 4.30. The minimum atomic E-state index is 0.597. The molecule has 1 aromatic heterocycles. The summed E-state index contributed by atoms with van der Waals surface area (Å²) >= 11 is 1.66. The number of hydrogen-bond donors (Lipinski definition) is 1. The van der Waals surface area contributed by atoms with Gasteiger partial charge in [-0.1, -0.05) is 32.1 Å². The van der Waals surface area contributed by atoms with E-state index in [1.165, 1.54) is 44.9 Å². The van der Waals surface area contributed by atoms with Gasteiger partial charge in [0.25, 0.3) is 0 Å². The van der Waals surface area contributed by atoms with E-state index in [4.69, 9.17) is 0 Å². The van der Waals surface area contributed by atoms with Gasteiger partial charge in [0.05, 0.1) is 0 Å². The lowest BCUT2D eigenvalue weighted by atomic mass is 9.97. The van der Waals surface area contributed by atoms with Crippen LogP contribution in [0.1, 0.15) is 44.9 Å². The Balaban J connectivity index is 1.93. The van der Waals surface area contributed by atoms with Crippen LogP contribution in [0.4, 0.5) is 5.82 Å². The van der Waals surface area contributed by atoms with Crippen LogP contribution < -0.4 is 5.32 Å². The van der Waals surface area contributed by atoms with E-state index in [1.807, 2.05) is 12.3 Å². The van der Waals surface area contributed by atoms with Gasteiger partial charge < -0.3 is 5.32 Å². The first-order valence-corrected chi connectivity index (χ1v) is 7.73. The molecule has 0 amide bonds. The number of anilines is 1. The fourth-order valence-corrected chi connectivity index (χ4v) is 2.72. The van der Waals surface area contributed by atoms with Gasteiger partial charge in [-0.25, -0.2) is 9.97 Å². The van der Waals surface area contributed by atoms with Crippen LogP contribution in [-0.4, -0.2) is 22.3 Å². The Morgan fingerprint density at radius 1 is 1.12 bits per heavy atom. The van der Waals surface area contributed by atoms with Gasteiger partial charge in [-0.15, -0.1) is 11.8 Å². The summed E-state index contributed by atoms with van der Waals surface area (Å²) in [5.74, 6) is 0.981. The Kier molecular flexibility index (Phi) is 5.10. The third-order valence-electron chi connectivity index (χ3n) is 3.31. The number of thioether (sulfide) groups is 1. The molecular formula is C13H21N3S. The van der Waals surface area contributed by atoms with Crippen LogP contribution in [0, 0.1) is 0 Å². The van der Waals surface area contributed by atoms with Gasteiger partial charge in [0, 0.05) is 12.1 Å². The molecule has 0 aromatic carbocycles. The maximum atomic E-state index is 4.30. The third kappa shape index (κ3) is 4.19. The quantitative estimate of drug-likeness (QED) is 0.656. The predicted molar refractivity (Wildman–Crippen MR) is 73.5 cm³/mol. The number of nitrogens with zero attached hydrogens (tertiary/aromatic N) is 2. The van der Waals surface area contributed by atoms with Crippen molar-refractivity contribution >= 4 is 17.6 Å². The normalized spacial score (nSPS) is 18.4. The Hall–Kier alpha value is -0.770. The number of hydrogen-bond acceptors (Lipinski definition) is 4. The van der Waals surface area contributed by atoms with E-state index in [1.54, 1.807) is 18.1 Å². The van der Waals surface area contributed by atoms with Crippen molar-refractivity contribution < 1.29 is 0 Å². The van der Waals surface area contributed by atoms with Crippen molar-refractivity contribution in [3.8, 4) is 0 Å². The van der Waals surface area contributed by atoms with Gasteiger partial charge >= 0.3 is 0 Å². The summed E-state index contributed by atoms with van der Waals surface area (Å²) in [4.78, 5) is 8.50. The van der Waals surface area contributed by atoms with Crippen molar-refractivity contribution in [1.82, 2.24) is 9.97 Å². The molecule has 1 saturated carbocycles. The highest BCUT2D eigenvalue weighted by Crippen LogP contribution is 2.21. The first kappa shape index (κ1) is 12.7. The topological polar surface area (TPSA) is 37.8 Å². The summed E-state index contributed by atoms with van der Waals surface area (Å²) in [6.45, 7) is 0. The SMILES string of the molecule is CSc1cc(NC2CCCCCCC2)ncn1. The molecule has 0 saturated heterocycles. The summed E-state index contributed by atoms with van der Waals surface area (Å²) in [5, 5.41) is 4.59. The summed E-state index contributed by atoms with van der Waals surface area (Å²) in [7, 11) is 0. The summed E-state index contributed by atoms with van der Waals surface area (Å²) in [5.41, 5.74) is 0. The minimum Gasteiger partial charge on any atom is -0.367 e. The third-order valence-corrected chi connectivity index (χ3v) is 3.95. The standard InChI is InChI=1S/C13H21N3S/c1-17-13-9-12(14-10-15-13)16-11-7-5-3-2-4-6-8-11/h9-11H,2-8H2,1H3,(H,14,15,16). The molecule has 0 spiro atoms. The number of rotatable bonds is 3. The van der Waals surface area contributed by atoms with E-state index < -0.39 is 0 Å². The fourth-order valence-electron chi connectivity index (χ4n) is 2.34. The van der Waals surface area contributed by atoms with Crippen molar-refractivity contribution in [3.05, 3.63) is 12.4 Å². The van der Waals surface area contributed by atoms with Gasteiger partial charge in [-0.3, -0.25) is 0 Å². The van der Waals surface area contributed by atoms with E-state index in [0.29, 0.717) is 6.04 Å². The van der Waals surface area contributed by atoms with E-state index in [0.717, 1.165) is 10.8 Å². The van der Waals surface area contributed by atoms with Crippen LogP contribution in [0.2, 0.25) is 0 Å². The Bertz CT molecular complexity index is 335. The van der Waals surface area contributed by atoms with Gasteiger partial charge in [0.2, 0.25) is 0 Å². The average Bonchev–Trinajstić information content (AvgIpc) is 2.33. The molecule has 1 aliphatic rings. The van der Waals surface area contributed by atoms with Crippen LogP contribution in [0.3, 0.4) is 0 Å². The molecule has 1 fully saturated rings. The summed E-state index contributed by atoms with van der Waals surface area (Å²) < 4.78 is 0. The highest BCUT2D eigenvalue weighted by atomic mass is 32.2. The van der Waals surface area contributed by atoms with Crippen LogP contribution in [0.5, 0.6) is 0 Å². The molecule has 0 atom stereocenters. The van der Waals surface area contributed by atoms with Crippen molar-refractivity contribution in [2.24, 2.45) is 0 Å². The van der Waals surface area contributed by atoms with Gasteiger partial charge in [-0.2, -0.15) is 0 Å². The molecule has 1 aromatic rings. The van der Waals surface area contributed by atoms with Crippen LogP contribution in [0.15, 0.2) is 17.4 Å². The number of aromatic nitrogens is 2. The lowest BCUT2D eigenvalue weighted by molar-refractivity contribution is 0.470. The molecule has 1 N–H and O–H groups in total. The fraction of sp³-hybridized carbons (Fsp3) is 0.692. The zero-order chi connectivity index (χ0) is 11.9. The molecule has 0 unspecified atom stereocenters. The van der Waals surface area contributed by atoms with Crippen molar-refractivity contribution in [2.75, 3.05) is 11.6 Å². The second-order valence-corrected chi connectivity index (χ2v) is 5.46. The zero-order valence-electron chi connectivity index (χ0n) is 10.5. The minimum absolute atomic E-state index is 0.597. The van der Waals surface area contributed by atoms with Crippen LogP contribution >= 0.6 is 11.8 Å². The second-order valence-electron chi connectivity index (χ2n) is 4.63. The van der Waals surface area contributed by atoms with E-state index in [2.05, 4.69) is 15.3 Å². The van der Waals surface area contributed by atoms with E-state index in [-0.39, 0.29) is 0 Å². The van der Waals surface area contributed by atoms with Crippen LogP contribution in [-0.2, 0) is 0 Å². The Labute approximate surface area is 108 Å². The summed E-state index contributed by atoms with van der Waals surface area (Å²) in [6.07, 6.45) is 13.1. The molecule has 0 bridgehead atoms. The molecule has 3 nitrogen and oxygen atoms in total. The predicted octanol–water partition coefficient (Wildman–Crippen LogP) is 3.72. The second kappa shape index (κ2) is 6.84. The van der Waals surface area contributed by atoms with Gasteiger partial charge in [0.1, 0.15) is 17.2 Å². The molecule has 94 valence electrons. The first-order chi connectivity index (χ1) is 8.38. The van der Waals surface area contributed by atoms with Gasteiger partial charge in [0.15, 0.2) is 0 Å². The van der Waals surface area contributed by atoms with Crippen molar-refractivity contribution in [3.63, 3.8) is 0 Å².